The number of hydrogen-bond donors (Lipinski definition) is 0. The van der Waals surface area contributed by atoms with Crippen LogP contribution in [0.25, 0.3) is 0 Å². The molecule has 1 aliphatic carbocycles. The Kier molecular flexibility index (Phi) is 5.98. The summed E-state index contributed by atoms with van der Waals surface area (Å²) in [5.41, 5.74) is 3.10. The molecule has 2 aromatic carbocycles. The molecule has 3 rings (SSSR count). The molecule has 2 aromatic rings. The number of rotatable bonds is 9. The molecule has 3 nitrogen and oxygen atoms in total. The van der Waals surface area contributed by atoms with Gasteiger partial charge in [-0.3, -0.25) is 0 Å². The third-order valence-electron chi connectivity index (χ3n) is 5.11. The third kappa shape index (κ3) is 4.57. The molecule has 0 bridgehead atoms. The summed E-state index contributed by atoms with van der Waals surface area (Å²) in [6.45, 7) is 10.4. The predicted octanol–water partition coefficient (Wildman–Crippen LogP) is 5.27. The van der Waals surface area contributed by atoms with Crippen LogP contribution in [-0.4, -0.2) is 19.3 Å². The molecule has 0 N–H and O–H groups in total. The number of hydrogen-bond acceptors (Lipinski definition) is 2. The van der Waals surface area contributed by atoms with E-state index in [1.807, 2.05) is 49.4 Å². The summed E-state index contributed by atoms with van der Waals surface area (Å²) in [5, 5.41) is 0. The highest BCUT2D eigenvalue weighted by Crippen LogP contribution is 2.38. The summed E-state index contributed by atoms with van der Waals surface area (Å²) in [6, 6.07) is 16.3. The maximum Gasteiger partial charge on any atom is 0.243 e. The van der Waals surface area contributed by atoms with Gasteiger partial charge in [0.15, 0.2) is 0 Å². The summed E-state index contributed by atoms with van der Waals surface area (Å²) in [5.74, 6) is 0.563. The van der Waals surface area contributed by atoms with Crippen LogP contribution in [0.3, 0.4) is 0 Å². The zero-order valence-electron chi connectivity index (χ0n) is 15.8. The second kappa shape index (κ2) is 8.24. The van der Waals surface area contributed by atoms with Gasteiger partial charge >= 0.3 is 0 Å². The van der Waals surface area contributed by atoms with Gasteiger partial charge in [-0.15, -0.1) is 6.58 Å². The van der Waals surface area contributed by atoms with Crippen LogP contribution in [0.15, 0.2) is 84.3 Å². The predicted molar refractivity (Wildman–Crippen MR) is 111 cm³/mol. The molecule has 0 radical (unpaired) electrons. The second-order valence-corrected chi connectivity index (χ2v) is 9.09. The Morgan fingerprint density at radius 3 is 2.33 bits per heavy atom. The number of aryl methyl sites for hydroxylation is 1. The highest BCUT2D eigenvalue weighted by atomic mass is 32.2. The van der Waals surface area contributed by atoms with E-state index in [2.05, 4.69) is 13.2 Å². The molecule has 1 aliphatic rings. The first-order valence-electron chi connectivity index (χ1n) is 9.37. The lowest BCUT2D eigenvalue weighted by Gasteiger charge is -2.29. The molecule has 1 unspecified atom stereocenters. The zero-order chi connectivity index (χ0) is 19.4. The lowest BCUT2D eigenvalue weighted by molar-refractivity contribution is 0.369. The van der Waals surface area contributed by atoms with Crippen LogP contribution in [0.5, 0.6) is 0 Å². The summed E-state index contributed by atoms with van der Waals surface area (Å²) in [4.78, 5) is 0.313. The van der Waals surface area contributed by atoms with E-state index in [1.165, 1.54) is 12.8 Å². The van der Waals surface area contributed by atoms with Crippen molar-refractivity contribution in [1.29, 1.82) is 0 Å². The second-order valence-electron chi connectivity index (χ2n) is 7.20. The average Bonchev–Trinajstić information content (AvgIpc) is 3.51. The van der Waals surface area contributed by atoms with Gasteiger partial charge in [-0.25, -0.2) is 8.42 Å². The summed E-state index contributed by atoms with van der Waals surface area (Å²) in [6.07, 6.45) is 4.73. The zero-order valence-corrected chi connectivity index (χ0v) is 16.7. The van der Waals surface area contributed by atoms with Crippen molar-refractivity contribution in [2.24, 2.45) is 5.92 Å². The minimum Gasteiger partial charge on any atom is -0.207 e. The van der Waals surface area contributed by atoms with E-state index in [-0.39, 0.29) is 0 Å². The summed E-state index contributed by atoms with van der Waals surface area (Å²) >= 11 is 0. The number of benzene rings is 2. The quantitative estimate of drug-likeness (QED) is 0.555. The average molecular weight is 382 g/mol. The highest BCUT2D eigenvalue weighted by Gasteiger charge is 2.32. The van der Waals surface area contributed by atoms with Crippen molar-refractivity contribution in [1.82, 2.24) is 4.31 Å². The SMILES string of the molecule is C=CC(c1ccccc1)N(CCC(=C)C1CC1)S(=O)(=O)c1ccc(C)cc1. The molecule has 142 valence electrons. The van der Waals surface area contributed by atoms with E-state index in [0.29, 0.717) is 23.8 Å². The van der Waals surface area contributed by atoms with Crippen LogP contribution < -0.4 is 0 Å². The van der Waals surface area contributed by atoms with Crippen molar-refractivity contribution >= 4 is 10.0 Å². The molecule has 1 saturated carbocycles. The molecule has 27 heavy (non-hydrogen) atoms. The van der Waals surface area contributed by atoms with Crippen molar-refractivity contribution in [3.63, 3.8) is 0 Å². The van der Waals surface area contributed by atoms with Crippen LogP contribution in [-0.2, 0) is 10.0 Å². The first-order valence-corrected chi connectivity index (χ1v) is 10.8. The Labute approximate surface area is 163 Å². The minimum absolute atomic E-state index is 0.313. The van der Waals surface area contributed by atoms with Crippen molar-refractivity contribution in [3.05, 3.63) is 90.5 Å². The molecule has 0 amide bonds. The molecule has 1 atom stereocenters. The van der Waals surface area contributed by atoms with E-state index in [1.54, 1.807) is 22.5 Å². The molecule has 0 aliphatic heterocycles. The summed E-state index contributed by atoms with van der Waals surface area (Å²) < 4.78 is 28.5. The van der Waals surface area contributed by atoms with Gasteiger partial charge in [-0.05, 0) is 49.8 Å². The molecule has 4 heteroatoms. The van der Waals surface area contributed by atoms with Crippen molar-refractivity contribution in [3.8, 4) is 0 Å². The Balaban J connectivity index is 1.95. The lowest BCUT2D eigenvalue weighted by Crippen LogP contribution is -2.35. The minimum atomic E-state index is -3.66. The first kappa shape index (κ1) is 19.6. The Hall–Kier alpha value is -2.17. The molecule has 0 saturated heterocycles. The third-order valence-corrected chi connectivity index (χ3v) is 7.01. The van der Waals surface area contributed by atoms with Gasteiger partial charge in [0.25, 0.3) is 0 Å². The van der Waals surface area contributed by atoms with E-state index < -0.39 is 16.1 Å². The van der Waals surface area contributed by atoms with Crippen molar-refractivity contribution < 1.29 is 8.42 Å². The maximum absolute atomic E-state index is 13.5. The Morgan fingerprint density at radius 2 is 1.78 bits per heavy atom. The van der Waals surface area contributed by atoms with Crippen molar-refractivity contribution in [2.45, 2.75) is 37.1 Å². The summed E-state index contributed by atoms with van der Waals surface area (Å²) in [7, 11) is -3.66. The molecule has 0 heterocycles. The van der Waals surface area contributed by atoms with E-state index in [4.69, 9.17) is 0 Å². The van der Waals surface area contributed by atoms with Gasteiger partial charge in [0, 0.05) is 6.54 Å². The van der Waals surface area contributed by atoms with Crippen LogP contribution in [0.4, 0.5) is 0 Å². The molecule has 0 spiro atoms. The molecular formula is C23H27NO2S. The Bertz CT molecular complexity index is 897. The normalized spacial score (nSPS) is 15.5. The van der Waals surface area contributed by atoms with E-state index in [9.17, 15) is 8.42 Å². The molecule has 0 aromatic heterocycles. The fourth-order valence-electron chi connectivity index (χ4n) is 3.27. The highest BCUT2D eigenvalue weighted by molar-refractivity contribution is 7.89. The fourth-order valence-corrected chi connectivity index (χ4v) is 4.86. The van der Waals surface area contributed by atoms with Crippen LogP contribution in [0.1, 0.15) is 36.4 Å². The van der Waals surface area contributed by atoms with Crippen LogP contribution >= 0.6 is 0 Å². The topological polar surface area (TPSA) is 37.4 Å². The molecule has 1 fully saturated rings. The standard InChI is InChI=1S/C23H27NO2S/c1-4-23(21-8-6-5-7-9-21)24(17-16-19(3)20-12-13-20)27(25,26)22-14-10-18(2)11-15-22/h4-11,14-15,20,23H,1,3,12-13,16-17H2,2H3. The smallest absolute Gasteiger partial charge is 0.207 e. The van der Waals surface area contributed by atoms with Gasteiger partial charge < -0.3 is 0 Å². The first-order chi connectivity index (χ1) is 12.9. The van der Waals surface area contributed by atoms with Gasteiger partial charge in [0.2, 0.25) is 10.0 Å². The van der Waals surface area contributed by atoms with Gasteiger partial charge in [-0.2, -0.15) is 4.31 Å². The number of nitrogens with zero attached hydrogens (tertiary/aromatic N) is 1. The van der Waals surface area contributed by atoms with E-state index in [0.717, 1.165) is 16.7 Å². The van der Waals surface area contributed by atoms with Gasteiger partial charge in [0.05, 0.1) is 10.9 Å². The monoisotopic (exact) mass is 381 g/mol. The number of sulfonamides is 1. The van der Waals surface area contributed by atoms with Crippen LogP contribution in [0.2, 0.25) is 0 Å². The largest absolute Gasteiger partial charge is 0.243 e. The van der Waals surface area contributed by atoms with E-state index >= 15 is 0 Å². The van der Waals surface area contributed by atoms with Crippen LogP contribution in [0, 0.1) is 12.8 Å². The van der Waals surface area contributed by atoms with Crippen molar-refractivity contribution in [2.75, 3.05) is 6.54 Å². The Morgan fingerprint density at radius 1 is 1.15 bits per heavy atom. The van der Waals surface area contributed by atoms with Gasteiger partial charge in [-0.1, -0.05) is 66.3 Å². The van der Waals surface area contributed by atoms with Gasteiger partial charge in [0.1, 0.15) is 0 Å². The molecular weight excluding hydrogens is 354 g/mol. The fraction of sp³-hybridized carbons (Fsp3) is 0.304. The lowest BCUT2D eigenvalue weighted by atomic mass is 10.1. The maximum atomic E-state index is 13.5.